The van der Waals surface area contributed by atoms with Gasteiger partial charge in [-0.3, -0.25) is 4.79 Å². The number of benzene rings is 1. The molecule has 2 heterocycles. The zero-order valence-corrected chi connectivity index (χ0v) is 19.9. The molecule has 0 unspecified atom stereocenters. The van der Waals surface area contributed by atoms with Crippen molar-refractivity contribution in [3.05, 3.63) is 33.1 Å². The Bertz CT molecular complexity index is 1050. The number of nitrogens with two attached hydrogens (primary N) is 1. The van der Waals surface area contributed by atoms with E-state index < -0.39 is 11.6 Å². The minimum absolute atomic E-state index is 0.00902. The second kappa shape index (κ2) is 8.41. The lowest BCUT2D eigenvalue weighted by molar-refractivity contribution is 0.400. The number of pyridine rings is 1. The molecule has 7 heteroatoms. The van der Waals surface area contributed by atoms with Crippen molar-refractivity contribution in [1.82, 2.24) is 9.88 Å². The molecule has 1 aromatic carbocycles. The second-order valence-corrected chi connectivity index (χ2v) is 9.89. The van der Waals surface area contributed by atoms with E-state index >= 15 is 8.78 Å². The van der Waals surface area contributed by atoms with Gasteiger partial charge in [0.2, 0.25) is 0 Å². The molecule has 5 nitrogen and oxygen atoms in total. The smallest absolute Gasteiger partial charge is 0.195 e. The first-order valence-electron chi connectivity index (χ1n) is 11.3. The number of rotatable bonds is 4. The number of aromatic nitrogens is 1. The topological polar surface area (TPSA) is 63.3 Å². The van der Waals surface area contributed by atoms with Gasteiger partial charge in [0.15, 0.2) is 17.1 Å². The maximum Gasteiger partial charge on any atom is 0.195 e. The lowest BCUT2D eigenvalue weighted by Gasteiger charge is -2.38. The molecule has 0 spiro atoms. The lowest BCUT2D eigenvalue weighted by Crippen LogP contribution is -2.54. The summed E-state index contributed by atoms with van der Waals surface area (Å²) in [5.74, 6) is -1.65. The van der Waals surface area contributed by atoms with Crippen LogP contribution in [0.15, 0.2) is 4.79 Å². The molecule has 2 aromatic rings. The number of piperazine rings is 1. The van der Waals surface area contributed by atoms with E-state index in [0.717, 1.165) is 5.69 Å². The second-order valence-electron chi connectivity index (χ2n) is 9.89. The lowest BCUT2D eigenvalue weighted by atomic mass is 9.91. The molecule has 1 aromatic heterocycles. The van der Waals surface area contributed by atoms with Crippen molar-refractivity contribution in [2.45, 2.75) is 85.4 Å². The number of fused-ring (bicyclic) bond motifs is 1. The van der Waals surface area contributed by atoms with Crippen LogP contribution in [0.4, 0.5) is 20.2 Å². The summed E-state index contributed by atoms with van der Waals surface area (Å²) < 4.78 is 33.6. The first kappa shape index (κ1) is 23.5. The van der Waals surface area contributed by atoms with Crippen LogP contribution in [0.5, 0.6) is 0 Å². The molecule has 1 fully saturated rings. The Morgan fingerprint density at radius 1 is 0.968 bits per heavy atom. The maximum atomic E-state index is 16.2. The first-order valence-corrected chi connectivity index (χ1v) is 11.3. The van der Waals surface area contributed by atoms with E-state index in [1.165, 1.54) is 0 Å². The summed E-state index contributed by atoms with van der Waals surface area (Å²) in [4.78, 5) is 15.3. The quantitative estimate of drug-likeness (QED) is 0.674. The van der Waals surface area contributed by atoms with Crippen molar-refractivity contribution in [2.24, 2.45) is 0 Å². The summed E-state index contributed by atoms with van der Waals surface area (Å²) >= 11 is 0. The van der Waals surface area contributed by atoms with Gasteiger partial charge in [-0.05, 0) is 39.5 Å². The number of anilines is 2. The predicted octanol–water partition coefficient (Wildman–Crippen LogP) is 4.88. The third kappa shape index (κ3) is 3.81. The molecule has 0 radical (unpaired) electrons. The third-order valence-corrected chi connectivity index (χ3v) is 6.13. The van der Waals surface area contributed by atoms with Gasteiger partial charge in [0.05, 0.1) is 16.6 Å². The number of nitrogens with zero attached hydrogens (tertiary/aromatic N) is 2. The first-order chi connectivity index (χ1) is 14.4. The zero-order valence-electron chi connectivity index (χ0n) is 19.9. The summed E-state index contributed by atoms with van der Waals surface area (Å²) in [5.41, 5.74) is 6.96. The highest BCUT2D eigenvalue weighted by Gasteiger charge is 2.33. The van der Waals surface area contributed by atoms with Gasteiger partial charge in [-0.15, -0.1) is 0 Å². The fourth-order valence-corrected chi connectivity index (χ4v) is 5.11. The molecule has 3 N–H and O–H groups in total. The van der Waals surface area contributed by atoms with Crippen LogP contribution in [0.3, 0.4) is 0 Å². The molecule has 1 saturated heterocycles. The van der Waals surface area contributed by atoms with Crippen LogP contribution in [-0.2, 0) is 0 Å². The van der Waals surface area contributed by atoms with E-state index in [1.54, 1.807) is 4.90 Å². The van der Waals surface area contributed by atoms with Crippen LogP contribution in [0.25, 0.3) is 10.9 Å². The number of nitrogen functional groups attached to an aromatic ring is 1. The minimum atomic E-state index is -0.842. The number of hydrogen-bond donors (Lipinski definition) is 2. The van der Waals surface area contributed by atoms with Gasteiger partial charge in [0.1, 0.15) is 5.69 Å². The van der Waals surface area contributed by atoms with Crippen molar-refractivity contribution in [3.63, 3.8) is 0 Å². The SMILES string of the molecule is CC(C)c1c(C(C)C)n(C(C)C)c2c(F)c(N3C[C@@H](C)N[C@@H](C)C3)c(F)c(N)c2c1=O. The molecule has 0 aliphatic carbocycles. The van der Waals surface area contributed by atoms with Crippen LogP contribution in [0.1, 0.15) is 84.5 Å². The largest absolute Gasteiger partial charge is 0.396 e. The third-order valence-electron chi connectivity index (χ3n) is 6.13. The fraction of sp³-hybridized carbons (Fsp3) is 0.625. The van der Waals surface area contributed by atoms with Crippen molar-refractivity contribution in [3.8, 4) is 0 Å². The summed E-state index contributed by atoms with van der Waals surface area (Å²) in [6.45, 7) is 16.6. The standard InChI is InChI=1S/C24H36F2N4O/c1-11(2)16-21(12(3)4)30(13(5)6)22-17(24(16)31)20(27)18(25)23(19(22)26)29-9-14(7)28-15(8)10-29/h11-15,28H,9-10,27H2,1-8H3/t14-,15+. The Hall–Kier alpha value is -2.15. The number of nitrogens with one attached hydrogen (secondary N) is 1. The highest BCUT2D eigenvalue weighted by atomic mass is 19.1. The average molecular weight is 435 g/mol. The average Bonchev–Trinajstić information content (AvgIpc) is 2.63. The van der Waals surface area contributed by atoms with Crippen molar-refractivity contribution in [2.75, 3.05) is 23.7 Å². The minimum Gasteiger partial charge on any atom is -0.396 e. The predicted molar refractivity (Wildman–Crippen MR) is 125 cm³/mol. The van der Waals surface area contributed by atoms with Crippen molar-refractivity contribution in [1.29, 1.82) is 0 Å². The molecule has 0 bridgehead atoms. The van der Waals surface area contributed by atoms with Crippen LogP contribution in [0, 0.1) is 11.6 Å². The molecule has 172 valence electrons. The molecule has 0 amide bonds. The summed E-state index contributed by atoms with van der Waals surface area (Å²) in [5, 5.41) is 3.33. The van der Waals surface area contributed by atoms with Gasteiger partial charge in [-0.25, -0.2) is 8.78 Å². The maximum absolute atomic E-state index is 16.2. The molecular formula is C24H36F2N4O. The Labute approximate surface area is 183 Å². The van der Waals surface area contributed by atoms with Gasteiger partial charge >= 0.3 is 0 Å². The van der Waals surface area contributed by atoms with Crippen LogP contribution in [0.2, 0.25) is 0 Å². The van der Waals surface area contributed by atoms with Gasteiger partial charge in [-0.2, -0.15) is 0 Å². The van der Waals surface area contributed by atoms with E-state index in [9.17, 15) is 4.79 Å². The van der Waals surface area contributed by atoms with Gasteiger partial charge in [0.25, 0.3) is 0 Å². The van der Waals surface area contributed by atoms with E-state index in [-0.39, 0.29) is 57.7 Å². The zero-order chi connectivity index (χ0) is 23.4. The number of hydrogen-bond acceptors (Lipinski definition) is 4. The molecule has 3 rings (SSSR count). The molecule has 1 aliphatic rings. The summed E-state index contributed by atoms with van der Waals surface area (Å²) in [6, 6.07) is 0.00805. The Kier molecular flexibility index (Phi) is 6.38. The van der Waals surface area contributed by atoms with E-state index in [4.69, 9.17) is 5.73 Å². The molecule has 0 saturated carbocycles. The monoisotopic (exact) mass is 434 g/mol. The summed E-state index contributed by atoms with van der Waals surface area (Å²) in [6.07, 6.45) is 0. The van der Waals surface area contributed by atoms with E-state index in [0.29, 0.717) is 18.7 Å². The number of halogens is 2. The fourth-order valence-electron chi connectivity index (χ4n) is 5.11. The normalized spacial score (nSPS) is 20.0. The Morgan fingerprint density at radius 2 is 1.52 bits per heavy atom. The molecular weight excluding hydrogens is 398 g/mol. The van der Waals surface area contributed by atoms with E-state index in [1.807, 2.05) is 60.0 Å². The molecule has 2 atom stereocenters. The van der Waals surface area contributed by atoms with Crippen LogP contribution < -0.4 is 21.4 Å². The van der Waals surface area contributed by atoms with Crippen molar-refractivity contribution < 1.29 is 8.78 Å². The Morgan fingerprint density at radius 3 is 1.97 bits per heavy atom. The molecule has 31 heavy (non-hydrogen) atoms. The van der Waals surface area contributed by atoms with Crippen molar-refractivity contribution >= 4 is 22.3 Å². The van der Waals surface area contributed by atoms with Gasteiger partial charge in [0, 0.05) is 42.5 Å². The summed E-state index contributed by atoms with van der Waals surface area (Å²) in [7, 11) is 0. The highest BCUT2D eigenvalue weighted by molar-refractivity contribution is 5.96. The van der Waals surface area contributed by atoms with Crippen LogP contribution >= 0.6 is 0 Å². The van der Waals surface area contributed by atoms with Gasteiger partial charge < -0.3 is 20.5 Å². The highest BCUT2D eigenvalue weighted by Crippen LogP contribution is 2.39. The van der Waals surface area contributed by atoms with E-state index in [2.05, 4.69) is 5.32 Å². The van der Waals surface area contributed by atoms with Crippen LogP contribution in [-0.4, -0.2) is 29.7 Å². The molecule has 1 aliphatic heterocycles. The van der Waals surface area contributed by atoms with Gasteiger partial charge in [-0.1, -0.05) is 27.7 Å². The Balaban J connectivity index is 2.52.